The van der Waals surface area contributed by atoms with Crippen molar-refractivity contribution in [2.75, 3.05) is 11.5 Å². The number of benzene rings is 2. The average Bonchev–Trinajstić information content (AvgIpc) is 2.85. The quantitative estimate of drug-likeness (QED) is 0.805. The van der Waals surface area contributed by atoms with Crippen LogP contribution in [-0.2, 0) is 17.8 Å². The second-order valence-corrected chi connectivity index (χ2v) is 6.34. The van der Waals surface area contributed by atoms with Crippen molar-refractivity contribution in [1.82, 2.24) is 4.90 Å². The van der Waals surface area contributed by atoms with Gasteiger partial charge in [0, 0.05) is 13.0 Å². The van der Waals surface area contributed by atoms with Crippen LogP contribution in [0, 0.1) is 0 Å². The molecule has 1 atom stereocenters. The van der Waals surface area contributed by atoms with Crippen molar-refractivity contribution in [3.05, 3.63) is 59.7 Å². The van der Waals surface area contributed by atoms with Gasteiger partial charge in [-0.2, -0.15) is 0 Å². The second kappa shape index (κ2) is 5.91. The molecule has 122 valence electrons. The lowest BCUT2D eigenvalue weighted by molar-refractivity contribution is -0.120. The summed E-state index contributed by atoms with van der Waals surface area (Å²) in [6, 6.07) is 15.6. The molecule has 0 aliphatic carbocycles. The Labute approximate surface area is 146 Å². The zero-order chi connectivity index (χ0) is 16.7. The third-order valence-corrected chi connectivity index (χ3v) is 5.01. The van der Waals surface area contributed by atoms with Crippen LogP contribution in [0.4, 0.5) is 5.69 Å². The lowest BCUT2D eigenvalue weighted by Gasteiger charge is -2.30. The van der Waals surface area contributed by atoms with E-state index in [1.54, 1.807) is 4.90 Å². The Bertz CT molecular complexity index is 778. The largest absolute Gasteiger partial charge is 0.492 e. The molecule has 4 rings (SSSR count). The molecule has 2 aromatic rings. The molecule has 4 nitrogen and oxygen atoms in total. The van der Waals surface area contributed by atoms with E-state index in [0.717, 1.165) is 5.69 Å². The van der Waals surface area contributed by atoms with E-state index in [0.29, 0.717) is 30.4 Å². The highest BCUT2D eigenvalue weighted by molar-refractivity contribution is 7.80. The molecule has 0 spiro atoms. The molecule has 2 aromatic carbocycles. The number of carbonyl (C=O) groups excluding carboxylic acids is 1. The van der Waals surface area contributed by atoms with E-state index in [1.807, 2.05) is 48.2 Å². The van der Waals surface area contributed by atoms with Crippen molar-refractivity contribution in [3.63, 3.8) is 0 Å². The Hall–Kier alpha value is -2.40. The topological polar surface area (TPSA) is 32.8 Å². The van der Waals surface area contributed by atoms with Gasteiger partial charge >= 0.3 is 0 Å². The van der Waals surface area contributed by atoms with Crippen molar-refractivity contribution in [2.45, 2.75) is 25.9 Å². The van der Waals surface area contributed by atoms with Crippen molar-refractivity contribution < 1.29 is 9.53 Å². The van der Waals surface area contributed by atoms with E-state index in [-0.39, 0.29) is 11.9 Å². The van der Waals surface area contributed by atoms with Gasteiger partial charge in [0.2, 0.25) is 0 Å². The first-order chi connectivity index (χ1) is 11.7. The van der Waals surface area contributed by atoms with Crippen LogP contribution in [0.3, 0.4) is 0 Å². The van der Waals surface area contributed by atoms with E-state index >= 15 is 0 Å². The van der Waals surface area contributed by atoms with Crippen LogP contribution in [0.25, 0.3) is 0 Å². The maximum absolute atomic E-state index is 13.1. The van der Waals surface area contributed by atoms with Crippen LogP contribution >= 0.6 is 12.2 Å². The van der Waals surface area contributed by atoms with Crippen LogP contribution in [0.5, 0.6) is 5.75 Å². The monoisotopic (exact) mass is 338 g/mol. The number of hydrogen-bond acceptors (Lipinski definition) is 3. The van der Waals surface area contributed by atoms with Gasteiger partial charge in [0.1, 0.15) is 11.8 Å². The maximum Gasteiger partial charge on any atom is 0.256 e. The molecule has 5 heteroatoms. The van der Waals surface area contributed by atoms with E-state index in [2.05, 4.69) is 12.1 Å². The lowest BCUT2D eigenvalue weighted by atomic mass is 9.95. The van der Waals surface area contributed by atoms with Gasteiger partial charge in [-0.3, -0.25) is 9.69 Å². The Morgan fingerprint density at radius 2 is 1.83 bits per heavy atom. The number of fused-ring (bicyclic) bond motifs is 2. The van der Waals surface area contributed by atoms with Crippen LogP contribution in [0.1, 0.15) is 18.1 Å². The predicted molar refractivity (Wildman–Crippen MR) is 97.2 cm³/mol. The minimum absolute atomic E-state index is 0.0293. The molecule has 2 heterocycles. The molecule has 24 heavy (non-hydrogen) atoms. The average molecular weight is 338 g/mol. The number of nitrogens with zero attached hydrogens (tertiary/aromatic N) is 2. The third kappa shape index (κ3) is 2.27. The fourth-order valence-electron chi connectivity index (χ4n) is 3.46. The Morgan fingerprint density at radius 1 is 1.12 bits per heavy atom. The smallest absolute Gasteiger partial charge is 0.256 e. The molecule has 2 aliphatic heterocycles. The van der Waals surface area contributed by atoms with Gasteiger partial charge in [0.25, 0.3) is 5.91 Å². The van der Waals surface area contributed by atoms with Crippen LogP contribution < -0.4 is 9.64 Å². The fourth-order valence-corrected chi connectivity index (χ4v) is 3.84. The summed E-state index contributed by atoms with van der Waals surface area (Å²) in [5, 5.41) is 0.562. The Morgan fingerprint density at radius 3 is 2.62 bits per heavy atom. The summed E-state index contributed by atoms with van der Waals surface area (Å²) in [5.41, 5.74) is 3.20. The number of rotatable bonds is 3. The van der Waals surface area contributed by atoms with Gasteiger partial charge in [0.15, 0.2) is 5.11 Å². The van der Waals surface area contributed by atoms with Crippen molar-refractivity contribution in [1.29, 1.82) is 0 Å². The molecular weight excluding hydrogens is 320 g/mol. The van der Waals surface area contributed by atoms with Gasteiger partial charge in [-0.05, 0) is 42.4 Å². The molecular formula is C19H18N2O2S. The molecule has 0 aromatic heterocycles. The lowest BCUT2D eigenvalue weighted by Crippen LogP contribution is -2.39. The molecule has 1 saturated heterocycles. The minimum Gasteiger partial charge on any atom is -0.492 e. The van der Waals surface area contributed by atoms with Crippen LogP contribution in [0.15, 0.2) is 48.5 Å². The molecule has 2 aliphatic rings. The van der Waals surface area contributed by atoms with Crippen molar-refractivity contribution >= 4 is 28.9 Å². The molecule has 0 N–H and O–H groups in total. The SMILES string of the molecule is CCOc1ccccc1N1C(=O)C2Cc3ccccc3CN2C1=S. The third-order valence-electron chi connectivity index (χ3n) is 4.60. The number of hydrogen-bond donors (Lipinski definition) is 0. The van der Waals surface area contributed by atoms with Gasteiger partial charge < -0.3 is 9.64 Å². The molecule has 0 saturated carbocycles. The first-order valence-corrected chi connectivity index (χ1v) is 8.54. The number of ether oxygens (including phenoxy) is 1. The number of thiocarbonyl (C=S) groups is 1. The minimum atomic E-state index is -0.220. The van der Waals surface area contributed by atoms with Crippen molar-refractivity contribution in [3.8, 4) is 5.75 Å². The van der Waals surface area contributed by atoms with E-state index in [1.165, 1.54) is 11.1 Å². The maximum atomic E-state index is 13.1. The summed E-state index contributed by atoms with van der Waals surface area (Å²) < 4.78 is 5.69. The number of para-hydroxylation sites is 2. The predicted octanol–water partition coefficient (Wildman–Crippen LogP) is 3.14. The normalized spacial score (nSPS) is 19.3. The van der Waals surface area contributed by atoms with Gasteiger partial charge in [-0.25, -0.2) is 0 Å². The molecule has 1 amide bonds. The van der Waals surface area contributed by atoms with E-state index < -0.39 is 0 Å². The van der Waals surface area contributed by atoms with Gasteiger partial charge in [-0.1, -0.05) is 36.4 Å². The molecule has 0 radical (unpaired) electrons. The van der Waals surface area contributed by atoms with E-state index in [4.69, 9.17) is 17.0 Å². The van der Waals surface area contributed by atoms with Gasteiger partial charge in [-0.15, -0.1) is 0 Å². The highest BCUT2D eigenvalue weighted by Crippen LogP contribution is 2.36. The van der Waals surface area contributed by atoms with Crippen molar-refractivity contribution in [2.24, 2.45) is 0 Å². The zero-order valence-corrected chi connectivity index (χ0v) is 14.3. The summed E-state index contributed by atoms with van der Waals surface area (Å²) >= 11 is 5.65. The highest BCUT2D eigenvalue weighted by Gasteiger charge is 2.46. The highest BCUT2D eigenvalue weighted by atomic mass is 32.1. The fraction of sp³-hybridized carbons (Fsp3) is 0.263. The number of anilines is 1. The van der Waals surface area contributed by atoms with Gasteiger partial charge in [0.05, 0.1) is 12.3 Å². The first-order valence-electron chi connectivity index (χ1n) is 8.14. The molecule has 1 unspecified atom stereocenters. The summed E-state index contributed by atoms with van der Waals surface area (Å²) in [5.74, 6) is 0.717. The number of amides is 1. The summed E-state index contributed by atoms with van der Waals surface area (Å²) in [4.78, 5) is 16.7. The zero-order valence-electron chi connectivity index (χ0n) is 13.4. The summed E-state index contributed by atoms with van der Waals surface area (Å²) in [6.07, 6.45) is 0.697. The Kier molecular flexibility index (Phi) is 3.73. The molecule has 1 fully saturated rings. The standard InChI is InChI=1S/C19H18N2O2S/c1-2-23-17-10-6-5-9-15(17)21-18(22)16-11-13-7-3-4-8-14(13)12-20(16)19(21)24/h3-10,16H,2,11-12H2,1H3. The second-order valence-electron chi connectivity index (χ2n) is 5.97. The Balaban J connectivity index is 1.72. The summed E-state index contributed by atoms with van der Waals surface area (Å²) in [7, 11) is 0. The summed E-state index contributed by atoms with van der Waals surface area (Å²) in [6.45, 7) is 3.16. The van der Waals surface area contributed by atoms with Crippen LogP contribution in [-0.4, -0.2) is 28.6 Å². The molecule has 0 bridgehead atoms. The van der Waals surface area contributed by atoms with Crippen LogP contribution in [0.2, 0.25) is 0 Å². The van der Waals surface area contributed by atoms with E-state index in [9.17, 15) is 4.79 Å². The number of carbonyl (C=O) groups is 1. The first kappa shape index (κ1) is 15.1.